The third-order valence-corrected chi connectivity index (χ3v) is 6.70. The van der Waals surface area contributed by atoms with Crippen molar-refractivity contribution in [2.45, 2.75) is 26.5 Å². The number of nitrogens with two attached hydrogens (primary N) is 1. The van der Waals surface area contributed by atoms with Crippen molar-refractivity contribution in [3.05, 3.63) is 65.6 Å². The molecule has 0 radical (unpaired) electrons. The van der Waals surface area contributed by atoms with E-state index in [1.807, 2.05) is 33.0 Å². The zero-order valence-corrected chi connectivity index (χ0v) is 23.9. The summed E-state index contributed by atoms with van der Waals surface area (Å²) in [4.78, 5) is 20.1. The van der Waals surface area contributed by atoms with Crippen molar-refractivity contribution in [2.24, 2.45) is 17.5 Å². The number of aromatic nitrogens is 2. The van der Waals surface area contributed by atoms with Gasteiger partial charge in [-0.3, -0.25) is 9.56 Å². The topological polar surface area (TPSA) is 95.0 Å². The molecule has 2 unspecified atom stereocenters. The summed E-state index contributed by atoms with van der Waals surface area (Å²) >= 11 is 2.17. The van der Waals surface area contributed by atoms with Crippen LogP contribution in [-0.2, 0) is 11.8 Å². The molecule has 2 N–H and O–H groups in total. The number of pyridine rings is 1. The Morgan fingerprint density at radius 2 is 2.14 bits per heavy atom. The average Bonchev–Trinajstić information content (AvgIpc) is 3.25. The maximum Gasteiger partial charge on any atom is 0.387 e. The number of alkyl halides is 2. The molecule has 0 saturated carbocycles. The number of morpholine rings is 1. The Morgan fingerprint density at radius 1 is 1.35 bits per heavy atom. The van der Waals surface area contributed by atoms with Crippen LogP contribution in [0.1, 0.15) is 41.5 Å². The van der Waals surface area contributed by atoms with Crippen molar-refractivity contribution >= 4 is 57.1 Å². The lowest BCUT2D eigenvalue weighted by Gasteiger charge is -2.36. The first kappa shape index (κ1) is 28.9. The number of hydrogen-bond donors (Lipinski definition) is 1. The van der Waals surface area contributed by atoms with Gasteiger partial charge < -0.3 is 24.7 Å². The van der Waals surface area contributed by atoms with Gasteiger partial charge in [0.15, 0.2) is 0 Å². The van der Waals surface area contributed by atoms with Crippen LogP contribution in [0.5, 0.6) is 5.75 Å². The van der Waals surface area contributed by atoms with E-state index in [1.54, 1.807) is 34.0 Å². The SMILES string of the molecule is CC.Cn1cc(C(=O)N2CCOCC2c2cccc(OC(F)F)c2)c2ccc(C(=C/N)/C=N/PI)nc21. The quantitative estimate of drug-likeness (QED) is 0.202. The molecule has 198 valence electrons. The summed E-state index contributed by atoms with van der Waals surface area (Å²) in [6.45, 7) is 2.06. The molecule has 0 spiro atoms. The monoisotopic (exact) mass is 643 g/mol. The first-order chi connectivity index (χ1) is 17.9. The third-order valence-electron chi connectivity index (χ3n) is 5.64. The number of rotatable bonds is 7. The summed E-state index contributed by atoms with van der Waals surface area (Å²) < 4.78 is 41.6. The highest BCUT2D eigenvalue weighted by atomic mass is 127. The van der Waals surface area contributed by atoms with Gasteiger partial charge in [-0.15, -0.1) is 0 Å². The number of carbonyl (C=O) groups is 1. The van der Waals surface area contributed by atoms with Gasteiger partial charge in [0.1, 0.15) is 11.4 Å². The number of carbonyl (C=O) groups excluding carboxylic acids is 1. The molecular formula is C25H29F2IN5O3P. The lowest BCUT2D eigenvalue weighted by molar-refractivity contribution is -0.0501. The number of halogens is 3. The van der Waals surface area contributed by atoms with Crippen LogP contribution >= 0.6 is 28.4 Å². The number of nitrogens with zero attached hydrogens (tertiary/aromatic N) is 4. The van der Waals surface area contributed by atoms with Gasteiger partial charge in [0, 0.05) is 43.2 Å². The Kier molecular flexibility index (Phi) is 10.8. The Balaban J connectivity index is 0.00000186. The zero-order valence-electron chi connectivity index (χ0n) is 20.7. The molecule has 2 atom stereocenters. The predicted molar refractivity (Wildman–Crippen MR) is 153 cm³/mol. The van der Waals surface area contributed by atoms with Gasteiger partial charge >= 0.3 is 6.61 Å². The first-order valence-corrected chi connectivity index (χ1v) is 15.7. The maximum absolute atomic E-state index is 13.7. The van der Waals surface area contributed by atoms with Crippen LogP contribution in [0, 0.1) is 0 Å². The van der Waals surface area contributed by atoms with Crippen LogP contribution in [0.4, 0.5) is 8.78 Å². The standard InChI is InChI=1S/C23H23F2IN5O3P.C2H6/c1-30-12-18(17-5-6-19(29-21(17)30)15(10-27)11-28-35-26)22(32)31-7-8-33-13-20(31)14-3-2-4-16(9-14)34-23(24)25;1-2/h2-6,9-12,20,23,35H,7-8,13,27H2,1H3;1-2H3/b15-10+,28-11+;. The second-order valence-corrected chi connectivity index (χ2v) is 9.60. The fourth-order valence-corrected chi connectivity index (χ4v) is 4.65. The van der Waals surface area contributed by atoms with Gasteiger partial charge in [-0.2, -0.15) is 8.78 Å². The molecule has 1 fully saturated rings. The molecule has 1 aliphatic rings. The molecule has 0 bridgehead atoms. The van der Waals surface area contributed by atoms with Crippen LogP contribution in [0.25, 0.3) is 16.6 Å². The van der Waals surface area contributed by atoms with E-state index in [-0.39, 0.29) is 18.3 Å². The third kappa shape index (κ3) is 6.82. The Labute approximate surface area is 229 Å². The number of fused-ring (bicyclic) bond motifs is 1. The first-order valence-electron chi connectivity index (χ1n) is 11.6. The van der Waals surface area contributed by atoms with E-state index in [0.29, 0.717) is 53.0 Å². The van der Waals surface area contributed by atoms with Gasteiger partial charge in [-0.05, 0) is 51.9 Å². The van der Waals surface area contributed by atoms with Crippen LogP contribution in [0.15, 0.2) is 53.6 Å². The predicted octanol–water partition coefficient (Wildman–Crippen LogP) is 5.73. The van der Waals surface area contributed by atoms with Crippen molar-refractivity contribution < 1.29 is 23.0 Å². The highest BCUT2D eigenvalue weighted by molar-refractivity contribution is 14.2. The highest BCUT2D eigenvalue weighted by Crippen LogP contribution is 2.31. The van der Waals surface area contributed by atoms with Crippen molar-refractivity contribution in [3.8, 4) is 5.75 Å². The van der Waals surface area contributed by atoms with E-state index >= 15 is 0 Å². The van der Waals surface area contributed by atoms with E-state index in [2.05, 4.69) is 31.5 Å². The summed E-state index contributed by atoms with van der Waals surface area (Å²) in [5.41, 5.74) is 8.88. The molecule has 2 aromatic heterocycles. The van der Waals surface area contributed by atoms with E-state index in [0.717, 1.165) is 0 Å². The largest absolute Gasteiger partial charge is 0.435 e. The zero-order chi connectivity index (χ0) is 26.9. The summed E-state index contributed by atoms with van der Waals surface area (Å²) in [7, 11) is 1.82. The lowest BCUT2D eigenvalue weighted by Crippen LogP contribution is -2.43. The number of hydrogen-bond acceptors (Lipinski definition) is 6. The molecule has 1 saturated heterocycles. The molecule has 3 heterocycles. The van der Waals surface area contributed by atoms with Crippen LogP contribution in [0.2, 0.25) is 0 Å². The molecule has 3 aromatic rings. The maximum atomic E-state index is 13.7. The van der Waals surface area contributed by atoms with Gasteiger partial charge in [-0.1, -0.05) is 26.0 Å². The number of allylic oxidation sites excluding steroid dienone is 1. The normalized spacial score (nSPS) is 16.6. The molecule has 0 aliphatic carbocycles. The number of ether oxygens (including phenoxy) is 2. The Morgan fingerprint density at radius 3 is 2.84 bits per heavy atom. The van der Waals surface area contributed by atoms with Gasteiger partial charge in [0.25, 0.3) is 5.91 Å². The summed E-state index contributed by atoms with van der Waals surface area (Å²) in [5, 5.41) is 0.699. The molecule has 1 aliphatic heterocycles. The fourth-order valence-electron chi connectivity index (χ4n) is 4.05. The summed E-state index contributed by atoms with van der Waals surface area (Å²) in [6.07, 6.45) is 5.25. The van der Waals surface area contributed by atoms with Crippen LogP contribution < -0.4 is 10.5 Å². The molecule has 1 amide bonds. The second-order valence-electron chi connectivity index (χ2n) is 7.73. The molecule has 1 aromatic carbocycles. The Bertz CT molecular complexity index is 1280. The van der Waals surface area contributed by atoms with Gasteiger partial charge in [-0.25, -0.2) is 4.98 Å². The summed E-state index contributed by atoms with van der Waals surface area (Å²) in [6, 6.07) is 9.57. The average molecular weight is 643 g/mol. The van der Waals surface area contributed by atoms with Gasteiger partial charge in [0.05, 0.1) is 36.9 Å². The minimum absolute atomic E-state index is 0.0350. The van der Waals surface area contributed by atoms with Crippen molar-refractivity contribution in [1.29, 1.82) is 0 Å². The molecule has 37 heavy (non-hydrogen) atoms. The van der Waals surface area contributed by atoms with E-state index in [4.69, 9.17) is 15.5 Å². The molecular weight excluding hydrogens is 614 g/mol. The molecule has 4 rings (SSSR count). The minimum atomic E-state index is -2.93. The van der Waals surface area contributed by atoms with Crippen LogP contribution in [0.3, 0.4) is 0 Å². The number of benzene rings is 1. The van der Waals surface area contributed by atoms with E-state index < -0.39 is 12.7 Å². The smallest absolute Gasteiger partial charge is 0.387 e. The molecule has 8 nitrogen and oxygen atoms in total. The molecule has 12 heteroatoms. The lowest BCUT2D eigenvalue weighted by atomic mass is 10.0. The summed E-state index contributed by atoms with van der Waals surface area (Å²) in [5.74, 6) is -0.159. The van der Waals surface area contributed by atoms with E-state index in [1.165, 1.54) is 18.3 Å². The van der Waals surface area contributed by atoms with Crippen molar-refractivity contribution in [2.75, 3.05) is 19.8 Å². The fraction of sp³-hybridized carbons (Fsp3) is 0.320. The Hall–Kier alpha value is -2.63. The highest BCUT2D eigenvalue weighted by Gasteiger charge is 2.31. The van der Waals surface area contributed by atoms with Crippen LogP contribution in [-0.4, -0.2) is 52.9 Å². The van der Waals surface area contributed by atoms with Crippen molar-refractivity contribution in [1.82, 2.24) is 14.5 Å². The van der Waals surface area contributed by atoms with E-state index in [9.17, 15) is 13.6 Å². The second kappa shape index (κ2) is 13.8. The van der Waals surface area contributed by atoms with Gasteiger partial charge in [0.2, 0.25) is 0 Å². The number of aryl methyl sites for hydroxylation is 1. The number of amides is 1. The minimum Gasteiger partial charge on any atom is -0.435 e. The van der Waals surface area contributed by atoms with Crippen molar-refractivity contribution in [3.63, 3.8) is 0 Å².